The zero-order valence-electron chi connectivity index (χ0n) is 24.0. The summed E-state index contributed by atoms with van der Waals surface area (Å²) in [6.45, 7) is 6.87. The molecule has 2 N–H and O–H groups in total. The number of nitrogens with zero attached hydrogens (tertiary/aromatic N) is 1. The second kappa shape index (κ2) is 14.3. The molecule has 0 fully saturated rings. The lowest BCUT2D eigenvalue weighted by molar-refractivity contribution is -0.136. The maximum atomic E-state index is 12.5. The highest BCUT2D eigenvalue weighted by Crippen LogP contribution is 2.43. The fourth-order valence-corrected chi connectivity index (χ4v) is 4.75. The summed E-state index contributed by atoms with van der Waals surface area (Å²) in [4.78, 5) is 12.5. The topological polar surface area (TPSA) is 104 Å². The van der Waals surface area contributed by atoms with Crippen molar-refractivity contribution in [3.63, 3.8) is 0 Å². The summed E-state index contributed by atoms with van der Waals surface area (Å²) < 4.78 is 22.8. The molecule has 7 heteroatoms. The first-order valence-corrected chi connectivity index (χ1v) is 14.3. The first kappa shape index (κ1) is 29.5. The molecule has 3 aromatic rings. The van der Waals surface area contributed by atoms with E-state index in [1.807, 2.05) is 48.5 Å². The van der Waals surface area contributed by atoms with Gasteiger partial charge in [-0.1, -0.05) is 76.8 Å². The molecule has 41 heavy (non-hydrogen) atoms. The lowest BCUT2D eigenvalue weighted by atomic mass is 9.83. The van der Waals surface area contributed by atoms with Crippen molar-refractivity contribution in [2.24, 2.45) is 5.73 Å². The number of ether oxygens (including phenoxy) is 4. The Morgan fingerprint density at radius 3 is 2.27 bits per heavy atom. The van der Waals surface area contributed by atoms with Gasteiger partial charge in [-0.3, -0.25) is 0 Å². The van der Waals surface area contributed by atoms with Crippen LogP contribution in [0.1, 0.15) is 81.4 Å². The van der Waals surface area contributed by atoms with Gasteiger partial charge in [-0.2, -0.15) is 5.26 Å². The number of allylic oxidation sites excluding steroid dienone is 1. The lowest BCUT2D eigenvalue weighted by Crippen LogP contribution is -2.21. The van der Waals surface area contributed by atoms with Gasteiger partial charge in [-0.25, -0.2) is 4.79 Å². The van der Waals surface area contributed by atoms with E-state index in [-0.39, 0.29) is 12.5 Å². The second-order valence-corrected chi connectivity index (χ2v) is 10.4. The number of esters is 1. The lowest BCUT2D eigenvalue weighted by Gasteiger charge is -2.26. The van der Waals surface area contributed by atoms with E-state index in [0.717, 1.165) is 29.7 Å². The van der Waals surface area contributed by atoms with Crippen LogP contribution in [-0.4, -0.2) is 19.2 Å². The first-order valence-electron chi connectivity index (χ1n) is 14.3. The maximum absolute atomic E-state index is 12.5. The molecule has 0 aliphatic carbocycles. The summed E-state index contributed by atoms with van der Waals surface area (Å²) in [6.07, 6.45) is 5.89. The zero-order valence-corrected chi connectivity index (χ0v) is 24.0. The fourth-order valence-electron chi connectivity index (χ4n) is 4.75. The number of nitriles is 1. The third-order valence-corrected chi connectivity index (χ3v) is 7.06. The van der Waals surface area contributed by atoms with E-state index in [0.29, 0.717) is 35.3 Å². The smallest absolute Gasteiger partial charge is 0.349 e. The molecule has 1 aliphatic rings. The highest BCUT2D eigenvalue weighted by molar-refractivity contribution is 5.74. The van der Waals surface area contributed by atoms with E-state index in [2.05, 4.69) is 26.8 Å². The summed E-state index contributed by atoms with van der Waals surface area (Å²) in [7, 11) is 0. The van der Waals surface area contributed by atoms with E-state index in [1.54, 1.807) is 18.2 Å². The van der Waals surface area contributed by atoms with Gasteiger partial charge in [0.25, 0.3) is 0 Å². The van der Waals surface area contributed by atoms with Crippen molar-refractivity contribution in [2.75, 3.05) is 13.2 Å². The van der Waals surface area contributed by atoms with Crippen molar-refractivity contribution in [1.82, 2.24) is 0 Å². The van der Waals surface area contributed by atoms with E-state index in [1.165, 1.54) is 24.8 Å². The predicted molar refractivity (Wildman–Crippen MR) is 158 cm³/mol. The molecule has 7 nitrogen and oxygen atoms in total. The monoisotopic (exact) mass is 554 g/mol. The number of hydrogen-bond donors (Lipinski definition) is 1. The Hall–Kier alpha value is -4.44. The molecule has 1 atom stereocenters. The molecule has 1 aliphatic heterocycles. The van der Waals surface area contributed by atoms with Crippen LogP contribution >= 0.6 is 0 Å². The summed E-state index contributed by atoms with van der Waals surface area (Å²) in [5, 5.41) is 9.87. The average Bonchev–Trinajstić information content (AvgIpc) is 2.97. The maximum Gasteiger partial charge on any atom is 0.349 e. The first-order chi connectivity index (χ1) is 19.9. The molecule has 214 valence electrons. The van der Waals surface area contributed by atoms with Crippen LogP contribution in [0.5, 0.6) is 23.0 Å². The van der Waals surface area contributed by atoms with Crippen molar-refractivity contribution < 1.29 is 23.7 Å². The summed E-state index contributed by atoms with van der Waals surface area (Å²) in [5.41, 5.74) is 9.30. The van der Waals surface area contributed by atoms with Crippen LogP contribution in [0.3, 0.4) is 0 Å². The van der Waals surface area contributed by atoms with Crippen molar-refractivity contribution in [1.29, 1.82) is 5.26 Å². The summed E-state index contributed by atoms with van der Waals surface area (Å²) in [5.74, 6) is 1.56. The van der Waals surface area contributed by atoms with Crippen molar-refractivity contribution >= 4 is 5.97 Å². The van der Waals surface area contributed by atoms with Crippen LogP contribution in [0.2, 0.25) is 0 Å². The Morgan fingerprint density at radius 2 is 1.59 bits per heavy atom. The molecule has 0 spiro atoms. The van der Waals surface area contributed by atoms with E-state index in [4.69, 9.17) is 24.7 Å². The predicted octanol–water partition coefficient (Wildman–Crippen LogP) is 7.36. The number of nitrogens with two attached hydrogens (primary N) is 1. The van der Waals surface area contributed by atoms with Crippen LogP contribution in [-0.2, 0) is 4.79 Å². The normalized spacial score (nSPS) is 14.2. The molecule has 0 amide bonds. The highest BCUT2D eigenvalue weighted by atomic mass is 16.6. The number of hydrogen-bond acceptors (Lipinski definition) is 7. The molecule has 1 unspecified atom stereocenters. The van der Waals surface area contributed by atoms with E-state index >= 15 is 0 Å². The van der Waals surface area contributed by atoms with Gasteiger partial charge in [0.05, 0.1) is 12.5 Å². The Bertz CT molecular complexity index is 1390. The minimum absolute atomic E-state index is 0.0223. The number of unbranched alkanes of at least 4 members (excludes halogenated alkanes) is 4. The van der Waals surface area contributed by atoms with Crippen molar-refractivity contribution in [3.8, 4) is 29.1 Å². The van der Waals surface area contributed by atoms with Gasteiger partial charge in [0.2, 0.25) is 5.88 Å². The molecule has 4 rings (SSSR count). The fraction of sp³-hybridized carbons (Fsp3) is 0.353. The van der Waals surface area contributed by atoms with Gasteiger partial charge in [0.1, 0.15) is 34.6 Å². The third kappa shape index (κ3) is 7.82. The van der Waals surface area contributed by atoms with Gasteiger partial charge in [0.15, 0.2) is 6.61 Å². The number of rotatable bonds is 13. The highest BCUT2D eigenvalue weighted by Gasteiger charge is 2.31. The Balaban J connectivity index is 1.41. The van der Waals surface area contributed by atoms with Gasteiger partial charge < -0.3 is 24.7 Å². The van der Waals surface area contributed by atoms with Crippen molar-refractivity contribution in [3.05, 3.63) is 94.9 Å². The Morgan fingerprint density at radius 1 is 0.927 bits per heavy atom. The van der Waals surface area contributed by atoms with Gasteiger partial charge >= 0.3 is 5.97 Å². The molecule has 3 aromatic carbocycles. The molecule has 0 bridgehead atoms. The molecule has 1 heterocycles. The van der Waals surface area contributed by atoms with E-state index < -0.39 is 11.9 Å². The zero-order chi connectivity index (χ0) is 29.2. The van der Waals surface area contributed by atoms with Crippen LogP contribution < -0.4 is 24.7 Å². The minimum atomic E-state index is -0.549. The minimum Gasteiger partial charge on any atom is -0.494 e. The third-order valence-electron chi connectivity index (χ3n) is 7.06. The Labute approximate surface area is 242 Å². The largest absolute Gasteiger partial charge is 0.494 e. The number of carbonyl (C=O) groups is 1. The van der Waals surface area contributed by atoms with Crippen LogP contribution in [0.15, 0.2) is 78.2 Å². The van der Waals surface area contributed by atoms with Crippen molar-refractivity contribution in [2.45, 2.75) is 64.7 Å². The molecule has 0 saturated carbocycles. The molecule has 0 saturated heterocycles. The van der Waals surface area contributed by atoms with Gasteiger partial charge in [0, 0.05) is 11.6 Å². The quantitative estimate of drug-likeness (QED) is 0.134. The second-order valence-electron chi connectivity index (χ2n) is 10.4. The average molecular weight is 555 g/mol. The summed E-state index contributed by atoms with van der Waals surface area (Å²) >= 11 is 0. The molecular weight excluding hydrogens is 516 g/mol. The number of carbonyl (C=O) groups excluding carboxylic acids is 1. The molecule has 0 radical (unpaired) electrons. The Kier molecular flexibility index (Phi) is 10.3. The summed E-state index contributed by atoms with van der Waals surface area (Å²) in [6, 6.07) is 22.6. The van der Waals surface area contributed by atoms with Crippen LogP contribution in [0, 0.1) is 11.3 Å². The van der Waals surface area contributed by atoms with Gasteiger partial charge in [-0.15, -0.1) is 0 Å². The number of benzene rings is 3. The SMILES string of the molecule is CCCCCCCOc1ccc(C2C(C#N)=C(N)Oc3cc(OC(=O)COc4ccc(C(C)C)cc4)ccc32)cc1. The van der Waals surface area contributed by atoms with Crippen LogP contribution in [0.4, 0.5) is 0 Å². The molecular formula is C34H38N2O5. The number of fused-ring (bicyclic) bond motifs is 1. The van der Waals surface area contributed by atoms with Crippen LogP contribution in [0.25, 0.3) is 0 Å². The molecule has 0 aromatic heterocycles. The standard InChI is InChI=1S/C34H38N2O5/c1-4-5-6-7-8-19-38-26-15-11-25(12-16-26)33-29-18-17-28(20-31(29)41-34(36)30(33)21-35)40-32(37)22-39-27-13-9-24(10-14-27)23(2)3/h9-18,20,23,33H,4-8,19,22,36H2,1-3H3. The van der Waals surface area contributed by atoms with E-state index in [9.17, 15) is 10.1 Å². The van der Waals surface area contributed by atoms with Gasteiger partial charge in [-0.05, 0) is 53.8 Å².